The van der Waals surface area contributed by atoms with Gasteiger partial charge < -0.3 is 4.90 Å². The van der Waals surface area contributed by atoms with E-state index in [9.17, 15) is 0 Å². The summed E-state index contributed by atoms with van der Waals surface area (Å²) in [5, 5.41) is 1.51. The molecule has 0 aromatic rings. The summed E-state index contributed by atoms with van der Waals surface area (Å²) in [6.45, 7) is 8.25. The van der Waals surface area contributed by atoms with Gasteiger partial charge in [0.05, 0.1) is 0 Å². The van der Waals surface area contributed by atoms with E-state index in [0.717, 1.165) is 0 Å². The second-order valence-corrected chi connectivity index (χ2v) is 6.93. The average molecular weight is 171 g/mol. The van der Waals surface area contributed by atoms with Crippen molar-refractivity contribution in [3.8, 4) is 0 Å². The van der Waals surface area contributed by atoms with Gasteiger partial charge in [0.2, 0.25) is 0 Å². The Morgan fingerprint density at radius 2 is 1.64 bits per heavy atom. The van der Waals surface area contributed by atoms with Crippen LogP contribution in [-0.4, -0.2) is 38.7 Å². The zero-order valence-corrected chi connectivity index (χ0v) is 9.71. The van der Waals surface area contributed by atoms with Crippen LogP contribution in [0.2, 0.25) is 16.9 Å². The molecule has 0 aromatic carbocycles. The summed E-state index contributed by atoms with van der Waals surface area (Å²) in [6.07, 6.45) is 1.42. The van der Waals surface area contributed by atoms with Gasteiger partial charge in [-0.25, -0.2) is 0 Å². The largest absolute Gasteiger partial charge is 0.304 e. The zero-order valence-electron chi connectivity index (χ0n) is 8.56. The molecule has 0 amide bonds. The maximum atomic E-state index is 2.51. The van der Waals surface area contributed by atoms with Crippen LogP contribution in [0.3, 0.4) is 0 Å². The highest BCUT2D eigenvalue weighted by Crippen LogP contribution is 1.99. The van der Waals surface area contributed by atoms with Gasteiger partial charge in [0.15, 0.2) is 0 Å². The van der Waals surface area contributed by atoms with Crippen molar-refractivity contribution in [2.45, 2.75) is 37.1 Å². The summed E-state index contributed by atoms with van der Waals surface area (Å²) < 4.78 is 0. The van der Waals surface area contributed by atoms with Gasteiger partial charge >= 0.3 is 0 Å². The van der Waals surface area contributed by atoms with E-state index in [2.05, 4.69) is 30.3 Å². The predicted octanol–water partition coefficient (Wildman–Crippen LogP) is 2.47. The molecule has 0 aliphatic heterocycles. The van der Waals surface area contributed by atoms with Gasteiger partial charge in [-0.2, -0.15) is 0 Å². The zero-order chi connectivity index (χ0) is 8.69. The molecular formula is C9H22AlN. The molecule has 0 aliphatic rings. The summed E-state index contributed by atoms with van der Waals surface area (Å²) >= 11 is -0.278. The van der Waals surface area contributed by atoms with E-state index in [1.807, 2.05) is 0 Å². The second kappa shape index (κ2) is 7.16. The quantitative estimate of drug-likeness (QED) is 0.555. The first kappa shape index (κ1) is 11.5. The summed E-state index contributed by atoms with van der Waals surface area (Å²) in [6, 6.07) is 0. The molecule has 11 heavy (non-hydrogen) atoms. The van der Waals surface area contributed by atoms with Crippen LogP contribution in [0.4, 0.5) is 0 Å². The molecule has 0 aromatic heterocycles. The molecule has 0 bridgehead atoms. The summed E-state index contributed by atoms with van der Waals surface area (Å²) in [7, 11) is 0. The van der Waals surface area contributed by atoms with Crippen molar-refractivity contribution < 1.29 is 0 Å². The molecule has 0 spiro atoms. The van der Waals surface area contributed by atoms with Crippen LogP contribution in [0.1, 0.15) is 20.3 Å². The molecule has 2 heteroatoms. The van der Waals surface area contributed by atoms with Crippen LogP contribution < -0.4 is 0 Å². The smallest absolute Gasteiger partial charge is 0.255 e. The summed E-state index contributed by atoms with van der Waals surface area (Å²) in [5.74, 6) is 4.87. The lowest BCUT2D eigenvalue weighted by molar-refractivity contribution is 0.304. The van der Waals surface area contributed by atoms with Gasteiger partial charge in [-0.05, 0) is 19.6 Å². The van der Waals surface area contributed by atoms with Gasteiger partial charge in [0.1, 0.15) is 0 Å². The second-order valence-electron chi connectivity index (χ2n) is 3.56. The van der Waals surface area contributed by atoms with Crippen molar-refractivity contribution in [2.24, 2.45) is 0 Å². The number of hydrogen-bond acceptors (Lipinski definition) is 1. The maximum Gasteiger partial charge on any atom is 0.255 e. The normalized spacial score (nSPS) is 10.6. The first-order valence-electron chi connectivity index (χ1n) is 4.93. The fourth-order valence-electron chi connectivity index (χ4n) is 1.26. The van der Waals surface area contributed by atoms with Crippen molar-refractivity contribution in [1.29, 1.82) is 0 Å². The lowest BCUT2D eigenvalue weighted by Crippen LogP contribution is -2.24. The third kappa shape index (κ3) is 6.87. The lowest BCUT2D eigenvalue weighted by Gasteiger charge is -2.17. The Morgan fingerprint density at radius 1 is 1.09 bits per heavy atom. The minimum atomic E-state index is -0.278. The van der Waals surface area contributed by atoms with Crippen molar-refractivity contribution in [3.05, 3.63) is 0 Å². The third-order valence-corrected chi connectivity index (χ3v) is 3.71. The van der Waals surface area contributed by atoms with Gasteiger partial charge in [0, 0.05) is 0 Å². The Morgan fingerprint density at radius 3 is 2.00 bits per heavy atom. The van der Waals surface area contributed by atoms with Crippen LogP contribution in [0.15, 0.2) is 0 Å². The Kier molecular flexibility index (Phi) is 7.48. The molecule has 0 saturated carbocycles. The Hall–Kier alpha value is 0.492. The van der Waals surface area contributed by atoms with Crippen molar-refractivity contribution in [3.63, 3.8) is 0 Å². The molecule has 0 fully saturated rings. The van der Waals surface area contributed by atoms with E-state index in [0.29, 0.717) is 0 Å². The van der Waals surface area contributed by atoms with Crippen LogP contribution in [0.5, 0.6) is 0 Å². The van der Waals surface area contributed by atoms with E-state index in [1.54, 1.807) is 0 Å². The highest BCUT2D eigenvalue weighted by molar-refractivity contribution is 6.55. The first-order chi connectivity index (χ1) is 5.20. The molecule has 0 rings (SSSR count). The van der Waals surface area contributed by atoms with E-state index in [-0.39, 0.29) is 14.1 Å². The topological polar surface area (TPSA) is 3.24 Å². The van der Waals surface area contributed by atoms with E-state index in [4.69, 9.17) is 0 Å². The molecule has 0 unspecified atom stereocenters. The molecule has 0 heterocycles. The predicted molar refractivity (Wildman–Crippen MR) is 54.7 cm³/mol. The Labute approximate surface area is 76.2 Å². The molecule has 0 atom stereocenters. The summed E-state index contributed by atoms with van der Waals surface area (Å²) in [5.41, 5.74) is 0. The molecule has 0 radical (unpaired) electrons. The minimum Gasteiger partial charge on any atom is -0.304 e. The monoisotopic (exact) mass is 171 g/mol. The molecule has 0 N–H and O–H groups in total. The van der Waals surface area contributed by atoms with Crippen LogP contribution in [-0.2, 0) is 0 Å². The summed E-state index contributed by atoms with van der Waals surface area (Å²) in [4.78, 5) is 2.51. The molecular weight excluding hydrogens is 149 g/mol. The van der Waals surface area contributed by atoms with E-state index >= 15 is 0 Å². The SMILES string of the molecule is CCN(CC)CC[CH2][Al]([CH3])[CH3]. The van der Waals surface area contributed by atoms with Crippen molar-refractivity contribution >= 4 is 14.1 Å². The van der Waals surface area contributed by atoms with Crippen LogP contribution >= 0.6 is 0 Å². The Bertz CT molecular complexity index is 79.6. The van der Waals surface area contributed by atoms with E-state index < -0.39 is 0 Å². The number of nitrogens with zero attached hydrogens (tertiary/aromatic N) is 1. The molecule has 1 nitrogen and oxygen atoms in total. The van der Waals surface area contributed by atoms with E-state index in [1.165, 1.54) is 31.3 Å². The number of hydrogen-bond donors (Lipinski definition) is 0. The minimum absolute atomic E-state index is 0.278. The highest BCUT2D eigenvalue weighted by atomic mass is 27.2. The number of rotatable bonds is 6. The Balaban J connectivity index is 3.21. The molecule has 0 aliphatic carbocycles. The van der Waals surface area contributed by atoms with Crippen LogP contribution in [0.25, 0.3) is 0 Å². The standard InChI is InChI=1S/C7H16N.2CH3.Al/c1-4-7-8(5-2)6-3;;;/h1,4-7H2,2-3H3;2*1H3;. The first-order valence-corrected chi connectivity index (χ1v) is 8.05. The fraction of sp³-hybridized carbons (Fsp3) is 1.00. The van der Waals surface area contributed by atoms with Crippen LogP contribution in [0, 0.1) is 0 Å². The van der Waals surface area contributed by atoms with Gasteiger partial charge in [-0.15, -0.1) is 11.6 Å². The third-order valence-electron chi connectivity index (χ3n) is 2.15. The van der Waals surface area contributed by atoms with Gasteiger partial charge in [-0.1, -0.05) is 25.6 Å². The van der Waals surface area contributed by atoms with Gasteiger partial charge in [0.25, 0.3) is 14.1 Å². The van der Waals surface area contributed by atoms with Gasteiger partial charge in [-0.3, -0.25) is 0 Å². The lowest BCUT2D eigenvalue weighted by atomic mass is 10.4. The fourth-order valence-corrected chi connectivity index (χ4v) is 2.26. The highest BCUT2D eigenvalue weighted by Gasteiger charge is 2.03. The van der Waals surface area contributed by atoms with Crippen molar-refractivity contribution in [2.75, 3.05) is 19.6 Å². The maximum absolute atomic E-state index is 2.51. The average Bonchev–Trinajstić information content (AvgIpc) is 1.98. The van der Waals surface area contributed by atoms with Crippen molar-refractivity contribution in [1.82, 2.24) is 4.90 Å². The molecule has 66 valence electrons. The molecule has 0 saturated heterocycles.